The number of carbonyl (C=O) groups excluding carboxylic acids is 1. The Hall–Kier alpha value is -1.71. The lowest BCUT2D eigenvalue weighted by Crippen LogP contribution is -2.30. The van der Waals surface area contributed by atoms with Crippen LogP contribution in [0, 0.1) is 0 Å². The van der Waals surface area contributed by atoms with Crippen molar-refractivity contribution in [2.24, 2.45) is 0 Å². The van der Waals surface area contributed by atoms with E-state index < -0.39 is 6.10 Å². The van der Waals surface area contributed by atoms with Gasteiger partial charge in [-0.3, -0.25) is 4.79 Å². The molecule has 74 valence electrons. The second-order valence-corrected chi connectivity index (χ2v) is 2.92. The Kier molecular flexibility index (Phi) is 2.26. The van der Waals surface area contributed by atoms with Crippen LogP contribution in [0.25, 0.3) is 0 Å². The van der Waals surface area contributed by atoms with Crippen molar-refractivity contribution in [3.63, 3.8) is 0 Å². The van der Waals surface area contributed by atoms with Crippen LogP contribution in [0.5, 0.6) is 17.2 Å². The number of benzene rings is 1. The lowest BCUT2D eigenvalue weighted by molar-refractivity contribution is -0.115. The maximum atomic E-state index is 10.5. The predicted octanol–water partition coefficient (Wildman–Crippen LogP) is 1.03. The van der Waals surface area contributed by atoms with Crippen molar-refractivity contribution in [2.45, 2.75) is 6.10 Å². The van der Waals surface area contributed by atoms with Crippen LogP contribution >= 0.6 is 0 Å². The molecule has 14 heavy (non-hydrogen) atoms. The molecule has 0 bridgehead atoms. The molecular weight excluding hydrogens is 184 g/mol. The van der Waals surface area contributed by atoms with Crippen LogP contribution in [0.4, 0.5) is 0 Å². The van der Waals surface area contributed by atoms with E-state index in [0.717, 1.165) is 6.29 Å². The first-order valence-electron chi connectivity index (χ1n) is 4.26. The minimum Gasteiger partial charge on any atom is -0.497 e. The lowest BCUT2D eigenvalue weighted by atomic mass is 10.2. The molecule has 4 heteroatoms. The highest BCUT2D eigenvalue weighted by molar-refractivity contribution is 5.59. The van der Waals surface area contributed by atoms with Gasteiger partial charge in [0.25, 0.3) is 0 Å². The molecule has 1 aliphatic rings. The van der Waals surface area contributed by atoms with Gasteiger partial charge in [-0.05, 0) is 12.1 Å². The molecule has 1 aromatic carbocycles. The first-order chi connectivity index (χ1) is 6.83. The van der Waals surface area contributed by atoms with Gasteiger partial charge < -0.3 is 14.2 Å². The Morgan fingerprint density at radius 1 is 1.50 bits per heavy atom. The van der Waals surface area contributed by atoms with Crippen molar-refractivity contribution in [3.8, 4) is 17.2 Å². The summed E-state index contributed by atoms with van der Waals surface area (Å²) in [7, 11) is 1.57. The van der Waals surface area contributed by atoms with E-state index in [1.807, 2.05) is 0 Å². The molecule has 0 N–H and O–H groups in total. The van der Waals surface area contributed by atoms with Crippen molar-refractivity contribution in [3.05, 3.63) is 18.2 Å². The average Bonchev–Trinajstić information content (AvgIpc) is 2.27. The Morgan fingerprint density at radius 3 is 3.07 bits per heavy atom. The molecule has 0 radical (unpaired) electrons. The van der Waals surface area contributed by atoms with Crippen molar-refractivity contribution in [1.82, 2.24) is 0 Å². The zero-order chi connectivity index (χ0) is 9.97. The Balaban J connectivity index is 2.29. The second kappa shape index (κ2) is 3.57. The molecule has 2 rings (SSSR count). The summed E-state index contributed by atoms with van der Waals surface area (Å²) < 4.78 is 15.7. The fourth-order valence-electron chi connectivity index (χ4n) is 1.26. The summed E-state index contributed by atoms with van der Waals surface area (Å²) in [6.45, 7) is 0.267. The van der Waals surface area contributed by atoms with E-state index in [-0.39, 0.29) is 6.61 Å². The molecule has 1 aromatic rings. The van der Waals surface area contributed by atoms with Crippen molar-refractivity contribution >= 4 is 6.29 Å². The van der Waals surface area contributed by atoms with Crippen molar-refractivity contribution in [2.75, 3.05) is 13.7 Å². The number of hydrogen-bond acceptors (Lipinski definition) is 4. The van der Waals surface area contributed by atoms with Crippen LogP contribution < -0.4 is 14.2 Å². The molecule has 1 aliphatic heterocycles. The largest absolute Gasteiger partial charge is 0.497 e. The molecule has 0 saturated carbocycles. The van der Waals surface area contributed by atoms with Gasteiger partial charge in [0, 0.05) is 6.07 Å². The van der Waals surface area contributed by atoms with Gasteiger partial charge in [0.1, 0.15) is 12.4 Å². The number of hydrogen-bond donors (Lipinski definition) is 0. The topological polar surface area (TPSA) is 44.8 Å². The van der Waals surface area contributed by atoms with Crippen LogP contribution in [-0.2, 0) is 4.79 Å². The van der Waals surface area contributed by atoms with Crippen LogP contribution in [0.2, 0.25) is 0 Å². The summed E-state index contributed by atoms with van der Waals surface area (Å²) >= 11 is 0. The van der Waals surface area contributed by atoms with E-state index in [1.54, 1.807) is 25.3 Å². The van der Waals surface area contributed by atoms with Crippen molar-refractivity contribution < 1.29 is 19.0 Å². The first-order valence-corrected chi connectivity index (χ1v) is 4.26. The number of fused-ring (bicyclic) bond motifs is 1. The van der Waals surface area contributed by atoms with Crippen LogP contribution in [0.15, 0.2) is 18.2 Å². The number of rotatable bonds is 2. The molecule has 0 fully saturated rings. The molecule has 1 atom stereocenters. The summed E-state index contributed by atoms with van der Waals surface area (Å²) in [5.41, 5.74) is 0. The van der Waals surface area contributed by atoms with Gasteiger partial charge in [0.15, 0.2) is 23.9 Å². The SMILES string of the molecule is COc1ccc2c(c1)OC(C=O)CO2. The fourth-order valence-corrected chi connectivity index (χ4v) is 1.26. The van der Waals surface area contributed by atoms with Gasteiger partial charge in [-0.15, -0.1) is 0 Å². The number of carbonyl (C=O) groups is 1. The molecule has 0 aliphatic carbocycles. The molecule has 0 spiro atoms. The Morgan fingerprint density at radius 2 is 2.36 bits per heavy atom. The van der Waals surface area contributed by atoms with Crippen molar-refractivity contribution in [1.29, 1.82) is 0 Å². The van der Waals surface area contributed by atoms with Gasteiger partial charge in [0.05, 0.1) is 7.11 Å². The minimum atomic E-state index is -0.519. The fraction of sp³-hybridized carbons (Fsp3) is 0.300. The summed E-state index contributed by atoms with van der Waals surface area (Å²) in [5.74, 6) is 1.87. The second-order valence-electron chi connectivity index (χ2n) is 2.92. The minimum absolute atomic E-state index is 0.267. The van der Waals surface area contributed by atoms with E-state index in [1.165, 1.54) is 0 Å². The van der Waals surface area contributed by atoms with E-state index in [0.29, 0.717) is 17.2 Å². The standard InChI is InChI=1S/C10H10O4/c1-12-7-2-3-9-10(4-7)14-8(5-11)6-13-9/h2-5,8H,6H2,1H3. The average molecular weight is 194 g/mol. The summed E-state index contributed by atoms with van der Waals surface area (Å²) in [5, 5.41) is 0. The first kappa shape index (κ1) is 8.87. The molecule has 1 unspecified atom stereocenters. The highest BCUT2D eigenvalue weighted by Crippen LogP contribution is 2.34. The van der Waals surface area contributed by atoms with Crippen LogP contribution in [0.1, 0.15) is 0 Å². The summed E-state index contributed by atoms with van der Waals surface area (Å²) in [4.78, 5) is 10.5. The zero-order valence-corrected chi connectivity index (χ0v) is 7.73. The van der Waals surface area contributed by atoms with Gasteiger partial charge >= 0.3 is 0 Å². The Labute approximate surface area is 81.4 Å². The number of ether oxygens (including phenoxy) is 3. The Bertz CT molecular complexity index is 348. The normalized spacial score (nSPS) is 18.8. The predicted molar refractivity (Wildman–Crippen MR) is 49.0 cm³/mol. The summed E-state index contributed by atoms with van der Waals surface area (Å²) in [6.07, 6.45) is 0.206. The van der Waals surface area contributed by atoms with Gasteiger partial charge in [0.2, 0.25) is 0 Å². The molecule has 0 amide bonds. The zero-order valence-electron chi connectivity index (χ0n) is 7.73. The van der Waals surface area contributed by atoms with E-state index in [9.17, 15) is 4.79 Å². The maximum Gasteiger partial charge on any atom is 0.187 e. The quantitative estimate of drug-likeness (QED) is 0.660. The molecule has 1 heterocycles. The van der Waals surface area contributed by atoms with Gasteiger partial charge in [-0.2, -0.15) is 0 Å². The van der Waals surface area contributed by atoms with Crippen LogP contribution in [-0.4, -0.2) is 26.1 Å². The van der Waals surface area contributed by atoms with Gasteiger partial charge in [-0.1, -0.05) is 0 Å². The number of aldehydes is 1. The molecule has 0 aromatic heterocycles. The molecule has 0 saturated heterocycles. The van der Waals surface area contributed by atoms with E-state index >= 15 is 0 Å². The third kappa shape index (κ3) is 1.51. The van der Waals surface area contributed by atoms with Crippen LogP contribution in [0.3, 0.4) is 0 Å². The van der Waals surface area contributed by atoms with E-state index in [2.05, 4.69) is 0 Å². The monoisotopic (exact) mass is 194 g/mol. The van der Waals surface area contributed by atoms with Gasteiger partial charge in [-0.25, -0.2) is 0 Å². The van der Waals surface area contributed by atoms with E-state index in [4.69, 9.17) is 14.2 Å². The highest BCUT2D eigenvalue weighted by Gasteiger charge is 2.20. The highest BCUT2D eigenvalue weighted by atomic mass is 16.6. The maximum absolute atomic E-state index is 10.5. The smallest absolute Gasteiger partial charge is 0.187 e. The number of methoxy groups -OCH3 is 1. The molecular formula is C10H10O4. The summed E-state index contributed by atoms with van der Waals surface area (Å²) in [6, 6.07) is 5.24. The molecule has 4 nitrogen and oxygen atoms in total. The lowest BCUT2D eigenvalue weighted by Gasteiger charge is -2.23. The third-order valence-corrected chi connectivity index (χ3v) is 1.98. The third-order valence-electron chi connectivity index (χ3n) is 1.98.